The number of hydrogen-bond donors (Lipinski definition) is 0. The van der Waals surface area contributed by atoms with Crippen molar-refractivity contribution in [3.8, 4) is 22.9 Å². The number of para-hydroxylation sites is 1. The minimum atomic E-state index is 0.0340. The van der Waals surface area contributed by atoms with Crippen LogP contribution in [0.25, 0.3) is 11.1 Å². The second-order valence-corrected chi connectivity index (χ2v) is 8.82. The summed E-state index contributed by atoms with van der Waals surface area (Å²) in [6, 6.07) is 28.1. The van der Waals surface area contributed by atoms with Crippen molar-refractivity contribution >= 4 is 5.91 Å². The average Bonchev–Trinajstić information content (AvgIpc) is 2.87. The quantitative estimate of drug-likeness (QED) is 0.464. The third-order valence-electron chi connectivity index (χ3n) is 6.55. The lowest BCUT2D eigenvalue weighted by Crippen LogP contribution is -2.46. The maximum absolute atomic E-state index is 13.0. The van der Waals surface area contributed by atoms with Crippen molar-refractivity contribution in [1.29, 1.82) is 5.26 Å². The van der Waals surface area contributed by atoms with E-state index in [0.717, 1.165) is 36.9 Å². The summed E-state index contributed by atoms with van der Waals surface area (Å²) in [4.78, 5) is 14.9. The van der Waals surface area contributed by atoms with Crippen LogP contribution in [0, 0.1) is 17.2 Å². The van der Waals surface area contributed by atoms with E-state index in [-0.39, 0.29) is 18.6 Å². The Bertz CT molecular complexity index is 1100. The van der Waals surface area contributed by atoms with Gasteiger partial charge in [-0.2, -0.15) is 5.26 Å². The van der Waals surface area contributed by atoms with Gasteiger partial charge in [0.15, 0.2) is 6.61 Å². The summed E-state index contributed by atoms with van der Waals surface area (Å²) in [5, 5.41) is 9.03. The molecule has 2 unspecified atom stereocenters. The second kappa shape index (κ2) is 10.8. The Morgan fingerprint density at radius 1 is 1.03 bits per heavy atom. The van der Waals surface area contributed by atoms with Crippen LogP contribution >= 0.6 is 0 Å². The van der Waals surface area contributed by atoms with Crippen LogP contribution in [0.1, 0.15) is 37.3 Å². The first-order valence-electron chi connectivity index (χ1n) is 11.7. The normalized spacial score (nSPS) is 17.9. The predicted octanol–water partition coefficient (Wildman–Crippen LogP) is 5.86. The number of benzene rings is 3. The molecule has 0 saturated carbocycles. The van der Waals surface area contributed by atoms with Gasteiger partial charge in [-0.3, -0.25) is 4.79 Å². The van der Waals surface area contributed by atoms with Gasteiger partial charge >= 0.3 is 0 Å². The lowest BCUT2D eigenvalue weighted by Gasteiger charge is -2.37. The number of likely N-dealkylation sites (tertiary alicyclic amines) is 1. The Hall–Kier alpha value is -3.58. The van der Waals surface area contributed by atoms with E-state index in [1.807, 2.05) is 41.3 Å². The molecule has 1 fully saturated rings. The smallest absolute Gasteiger partial charge is 0.260 e. The molecule has 1 aliphatic rings. The molecule has 0 spiro atoms. The van der Waals surface area contributed by atoms with E-state index in [1.54, 1.807) is 12.1 Å². The van der Waals surface area contributed by atoms with Crippen LogP contribution in [0.4, 0.5) is 0 Å². The van der Waals surface area contributed by atoms with E-state index in [9.17, 15) is 4.79 Å². The van der Waals surface area contributed by atoms with E-state index in [4.69, 9.17) is 10.00 Å². The molecule has 0 aliphatic carbocycles. The molecule has 1 saturated heterocycles. The standard InChI is InChI=1S/C29H30N2O2/c1-22-19-24(12-11-23-7-3-2-4-8-23)17-18-31(22)29(32)21-33-28-10-6-5-9-27(28)26-15-13-25(20-30)14-16-26/h2-10,13-16,22,24H,11-12,17-19,21H2,1H3. The fourth-order valence-corrected chi connectivity index (χ4v) is 4.70. The highest BCUT2D eigenvalue weighted by molar-refractivity contribution is 5.79. The van der Waals surface area contributed by atoms with Crippen LogP contribution in [0.15, 0.2) is 78.9 Å². The molecule has 0 bridgehead atoms. The van der Waals surface area contributed by atoms with Crippen molar-refractivity contribution in [3.63, 3.8) is 0 Å². The first-order valence-corrected chi connectivity index (χ1v) is 11.7. The SMILES string of the molecule is CC1CC(CCc2ccccc2)CCN1C(=O)COc1ccccc1-c1ccc(C#N)cc1. The summed E-state index contributed by atoms with van der Waals surface area (Å²) in [6.45, 7) is 2.98. The number of ether oxygens (including phenoxy) is 1. The van der Waals surface area contributed by atoms with Crippen molar-refractivity contribution in [2.75, 3.05) is 13.2 Å². The third-order valence-corrected chi connectivity index (χ3v) is 6.55. The number of amides is 1. The Morgan fingerprint density at radius 3 is 2.48 bits per heavy atom. The maximum atomic E-state index is 13.0. The molecular formula is C29H30N2O2. The van der Waals surface area contributed by atoms with E-state index in [0.29, 0.717) is 17.2 Å². The summed E-state index contributed by atoms with van der Waals surface area (Å²) < 4.78 is 5.99. The average molecular weight is 439 g/mol. The first kappa shape index (κ1) is 22.6. The molecule has 0 aromatic heterocycles. The predicted molar refractivity (Wildman–Crippen MR) is 131 cm³/mol. The monoisotopic (exact) mass is 438 g/mol. The number of piperidine rings is 1. The molecule has 2 atom stereocenters. The lowest BCUT2D eigenvalue weighted by atomic mass is 9.87. The molecule has 33 heavy (non-hydrogen) atoms. The summed E-state index contributed by atoms with van der Waals surface area (Å²) in [7, 11) is 0. The number of rotatable bonds is 7. The number of carbonyl (C=O) groups is 1. The van der Waals surface area contributed by atoms with Gasteiger partial charge in [0, 0.05) is 18.2 Å². The van der Waals surface area contributed by atoms with Gasteiger partial charge < -0.3 is 9.64 Å². The minimum absolute atomic E-state index is 0.0340. The van der Waals surface area contributed by atoms with E-state index in [1.165, 1.54) is 12.0 Å². The van der Waals surface area contributed by atoms with Crippen molar-refractivity contribution in [3.05, 3.63) is 90.0 Å². The number of nitrogens with zero attached hydrogens (tertiary/aromatic N) is 2. The van der Waals surface area contributed by atoms with E-state index < -0.39 is 0 Å². The summed E-state index contributed by atoms with van der Waals surface area (Å²) in [5.41, 5.74) is 3.89. The molecule has 168 valence electrons. The first-order chi connectivity index (χ1) is 16.1. The van der Waals surface area contributed by atoms with Gasteiger partial charge in [-0.15, -0.1) is 0 Å². The maximum Gasteiger partial charge on any atom is 0.260 e. The summed E-state index contributed by atoms with van der Waals surface area (Å²) in [5.74, 6) is 1.38. The number of hydrogen-bond acceptors (Lipinski definition) is 3. The Kier molecular flexibility index (Phi) is 7.42. The van der Waals surface area contributed by atoms with E-state index >= 15 is 0 Å². The second-order valence-electron chi connectivity index (χ2n) is 8.82. The number of aryl methyl sites for hydroxylation is 1. The molecular weight excluding hydrogens is 408 g/mol. The Labute approximate surface area is 196 Å². The van der Waals surface area contributed by atoms with Crippen molar-refractivity contribution in [2.45, 2.75) is 38.6 Å². The molecule has 1 amide bonds. The van der Waals surface area contributed by atoms with Crippen molar-refractivity contribution < 1.29 is 9.53 Å². The van der Waals surface area contributed by atoms with Gasteiger partial charge in [-0.05, 0) is 67.9 Å². The van der Waals surface area contributed by atoms with Gasteiger partial charge in [-0.1, -0.05) is 60.7 Å². The van der Waals surface area contributed by atoms with Crippen LogP contribution in [0.5, 0.6) is 5.75 Å². The Balaban J connectivity index is 1.32. The molecule has 3 aromatic carbocycles. The molecule has 0 N–H and O–H groups in total. The highest BCUT2D eigenvalue weighted by Gasteiger charge is 2.28. The molecule has 4 heteroatoms. The zero-order valence-corrected chi connectivity index (χ0v) is 19.1. The van der Waals surface area contributed by atoms with Gasteiger partial charge in [0.2, 0.25) is 0 Å². The Morgan fingerprint density at radius 2 is 1.76 bits per heavy atom. The van der Waals surface area contributed by atoms with Gasteiger partial charge in [0.1, 0.15) is 5.75 Å². The van der Waals surface area contributed by atoms with Gasteiger partial charge in [0.25, 0.3) is 5.91 Å². The molecule has 1 aliphatic heterocycles. The van der Waals surface area contributed by atoms with E-state index in [2.05, 4.69) is 43.3 Å². The molecule has 3 aromatic rings. The van der Waals surface area contributed by atoms with Crippen LogP contribution in [0.3, 0.4) is 0 Å². The number of carbonyl (C=O) groups excluding carboxylic acids is 1. The van der Waals surface area contributed by atoms with Crippen LogP contribution in [0.2, 0.25) is 0 Å². The molecule has 0 radical (unpaired) electrons. The topological polar surface area (TPSA) is 53.3 Å². The lowest BCUT2D eigenvalue weighted by molar-refractivity contribution is -0.137. The fraction of sp³-hybridized carbons (Fsp3) is 0.310. The van der Waals surface area contributed by atoms with Crippen molar-refractivity contribution in [1.82, 2.24) is 4.90 Å². The fourth-order valence-electron chi connectivity index (χ4n) is 4.70. The zero-order chi connectivity index (χ0) is 23.0. The minimum Gasteiger partial charge on any atom is -0.483 e. The summed E-state index contributed by atoms with van der Waals surface area (Å²) in [6.07, 6.45) is 4.36. The van der Waals surface area contributed by atoms with Gasteiger partial charge in [0.05, 0.1) is 11.6 Å². The van der Waals surface area contributed by atoms with Crippen LogP contribution in [-0.4, -0.2) is 30.0 Å². The third kappa shape index (κ3) is 5.81. The highest BCUT2D eigenvalue weighted by atomic mass is 16.5. The van der Waals surface area contributed by atoms with Gasteiger partial charge in [-0.25, -0.2) is 0 Å². The van der Waals surface area contributed by atoms with Crippen molar-refractivity contribution in [2.24, 2.45) is 5.92 Å². The van der Waals surface area contributed by atoms with Crippen LogP contribution < -0.4 is 4.74 Å². The summed E-state index contributed by atoms with van der Waals surface area (Å²) >= 11 is 0. The zero-order valence-electron chi connectivity index (χ0n) is 19.1. The molecule has 4 rings (SSSR count). The largest absolute Gasteiger partial charge is 0.483 e. The molecule has 1 heterocycles. The highest BCUT2D eigenvalue weighted by Crippen LogP contribution is 2.31. The van der Waals surface area contributed by atoms with Crippen LogP contribution in [-0.2, 0) is 11.2 Å². The molecule has 4 nitrogen and oxygen atoms in total. The number of nitriles is 1.